The van der Waals surface area contributed by atoms with Crippen molar-refractivity contribution in [2.45, 2.75) is 6.92 Å². The van der Waals surface area contributed by atoms with Crippen molar-refractivity contribution in [2.24, 2.45) is 0 Å². The lowest BCUT2D eigenvalue weighted by Gasteiger charge is -2.10. The van der Waals surface area contributed by atoms with Crippen LogP contribution in [0.1, 0.15) is 5.69 Å². The van der Waals surface area contributed by atoms with E-state index in [2.05, 4.69) is 20.6 Å². The molecule has 2 aromatic carbocycles. The van der Waals surface area contributed by atoms with Crippen molar-refractivity contribution >= 4 is 34.7 Å². The van der Waals surface area contributed by atoms with Crippen LogP contribution in [0.4, 0.5) is 23.1 Å². The van der Waals surface area contributed by atoms with Gasteiger partial charge in [0.05, 0.1) is 7.11 Å². The number of nitrogens with zero attached hydrogens (tertiary/aromatic N) is 2. The van der Waals surface area contributed by atoms with E-state index in [-0.39, 0.29) is 0 Å². The first kappa shape index (κ1) is 16.1. The van der Waals surface area contributed by atoms with Gasteiger partial charge in [-0.15, -0.1) is 0 Å². The maximum atomic E-state index is 6.00. The van der Waals surface area contributed by atoms with Gasteiger partial charge in [0.25, 0.3) is 0 Å². The molecule has 0 spiro atoms. The van der Waals surface area contributed by atoms with Crippen molar-refractivity contribution in [3.63, 3.8) is 0 Å². The Morgan fingerprint density at radius 1 is 0.917 bits per heavy atom. The normalized spacial score (nSPS) is 10.3. The van der Waals surface area contributed by atoms with Crippen LogP contribution in [0.3, 0.4) is 0 Å². The quantitative estimate of drug-likeness (QED) is 0.689. The van der Waals surface area contributed by atoms with Gasteiger partial charge in [-0.05, 0) is 49.4 Å². The van der Waals surface area contributed by atoms with Crippen LogP contribution in [-0.2, 0) is 0 Å². The summed E-state index contributed by atoms with van der Waals surface area (Å²) < 4.78 is 5.16. The molecule has 0 atom stereocenters. The third-order valence-electron chi connectivity index (χ3n) is 3.30. The van der Waals surface area contributed by atoms with Crippen LogP contribution in [0.2, 0.25) is 5.02 Å². The van der Waals surface area contributed by atoms with E-state index < -0.39 is 0 Å². The first-order valence-electron chi connectivity index (χ1n) is 7.42. The Morgan fingerprint density at radius 3 is 2.42 bits per heavy atom. The SMILES string of the molecule is COc1ccc(Nc2cc(C)nc(Nc3cccc(Cl)c3)n2)cc1. The molecule has 1 heterocycles. The van der Waals surface area contributed by atoms with Crippen molar-refractivity contribution in [1.82, 2.24) is 9.97 Å². The van der Waals surface area contributed by atoms with Crippen LogP contribution in [0.15, 0.2) is 54.6 Å². The summed E-state index contributed by atoms with van der Waals surface area (Å²) in [5.41, 5.74) is 2.61. The first-order valence-corrected chi connectivity index (χ1v) is 7.79. The lowest BCUT2D eigenvalue weighted by atomic mass is 10.3. The molecule has 122 valence electrons. The predicted octanol–water partition coefficient (Wildman–Crippen LogP) is 4.93. The molecule has 1 aromatic heterocycles. The van der Waals surface area contributed by atoms with E-state index in [0.717, 1.165) is 22.8 Å². The second-order valence-electron chi connectivity index (χ2n) is 5.21. The molecule has 0 aliphatic carbocycles. The van der Waals surface area contributed by atoms with Crippen molar-refractivity contribution in [3.05, 3.63) is 65.3 Å². The van der Waals surface area contributed by atoms with E-state index in [1.807, 2.05) is 61.5 Å². The number of aromatic nitrogens is 2. The van der Waals surface area contributed by atoms with Gasteiger partial charge in [-0.1, -0.05) is 17.7 Å². The van der Waals surface area contributed by atoms with Gasteiger partial charge >= 0.3 is 0 Å². The zero-order valence-electron chi connectivity index (χ0n) is 13.4. The molecule has 0 saturated heterocycles. The molecule has 3 aromatic rings. The van der Waals surface area contributed by atoms with E-state index in [1.165, 1.54) is 0 Å². The van der Waals surface area contributed by atoms with Crippen LogP contribution in [0.5, 0.6) is 5.75 Å². The second kappa shape index (κ2) is 7.19. The zero-order valence-corrected chi connectivity index (χ0v) is 14.1. The second-order valence-corrected chi connectivity index (χ2v) is 5.64. The summed E-state index contributed by atoms with van der Waals surface area (Å²) in [5.74, 6) is 2.02. The third-order valence-corrected chi connectivity index (χ3v) is 3.53. The highest BCUT2D eigenvalue weighted by molar-refractivity contribution is 6.30. The summed E-state index contributed by atoms with van der Waals surface area (Å²) in [7, 11) is 1.64. The fourth-order valence-corrected chi connectivity index (χ4v) is 2.40. The van der Waals surface area contributed by atoms with Crippen LogP contribution in [0.25, 0.3) is 0 Å². The fourth-order valence-electron chi connectivity index (χ4n) is 2.21. The highest BCUT2D eigenvalue weighted by Crippen LogP contribution is 2.22. The molecular formula is C18H17ClN4O. The van der Waals surface area contributed by atoms with E-state index in [1.54, 1.807) is 7.11 Å². The Bertz CT molecular complexity index is 837. The van der Waals surface area contributed by atoms with E-state index in [4.69, 9.17) is 16.3 Å². The third kappa shape index (κ3) is 4.14. The molecular weight excluding hydrogens is 324 g/mol. The van der Waals surface area contributed by atoms with Crippen LogP contribution in [-0.4, -0.2) is 17.1 Å². The first-order chi connectivity index (χ1) is 11.6. The van der Waals surface area contributed by atoms with E-state index in [9.17, 15) is 0 Å². The van der Waals surface area contributed by atoms with Gasteiger partial charge < -0.3 is 15.4 Å². The monoisotopic (exact) mass is 340 g/mol. The molecule has 5 nitrogen and oxygen atoms in total. The topological polar surface area (TPSA) is 59.1 Å². The Morgan fingerprint density at radius 2 is 1.71 bits per heavy atom. The Labute approximate surface area is 145 Å². The van der Waals surface area contributed by atoms with Crippen LogP contribution in [0, 0.1) is 6.92 Å². The number of benzene rings is 2. The number of hydrogen-bond acceptors (Lipinski definition) is 5. The number of methoxy groups -OCH3 is 1. The molecule has 6 heteroatoms. The summed E-state index contributed by atoms with van der Waals surface area (Å²) in [5, 5.41) is 7.08. The molecule has 3 rings (SSSR count). The number of hydrogen-bond donors (Lipinski definition) is 2. The highest BCUT2D eigenvalue weighted by Gasteiger charge is 2.04. The predicted molar refractivity (Wildman–Crippen MR) is 97.8 cm³/mol. The maximum Gasteiger partial charge on any atom is 0.229 e. The molecule has 2 N–H and O–H groups in total. The number of anilines is 4. The largest absolute Gasteiger partial charge is 0.497 e. The van der Waals surface area contributed by atoms with Gasteiger partial charge in [0, 0.05) is 28.2 Å². The molecule has 0 saturated carbocycles. The molecule has 0 unspecified atom stereocenters. The van der Waals surface area contributed by atoms with Crippen molar-refractivity contribution in [1.29, 1.82) is 0 Å². The van der Waals surface area contributed by atoms with Crippen LogP contribution >= 0.6 is 11.6 Å². The van der Waals surface area contributed by atoms with Gasteiger partial charge in [0.1, 0.15) is 11.6 Å². The lowest BCUT2D eigenvalue weighted by Crippen LogP contribution is -2.02. The van der Waals surface area contributed by atoms with Gasteiger partial charge in [-0.25, -0.2) is 4.98 Å². The average Bonchev–Trinajstić information content (AvgIpc) is 2.55. The fraction of sp³-hybridized carbons (Fsp3) is 0.111. The summed E-state index contributed by atoms with van der Waals surface area (Å²) in [6, 6.07) is 17.0. The Balaban J connectivity index is 1.80. The Kier molecular flexibility index (Phi) is 4.82. The number of ether oxygens (including phenoxy) is 1. The van der Waals surface area contributed by atoms with E-state index in [0.29, 0.717) is 16.8 Å². The minimum atomic E-state index is 0.508. The minimum Gasteiger partial charge on any atom is -0.497 e. The molecule has 0 fully saturated rings. The summed E-state index contributed by atoms with van der Waals surface area (Å²) >= 11 is 6.00. The molecule has 0 radical (unpaired) electrons. The highest BCUT2D eigenvalue weighted by atomic mass is 35.5. The smallest absolute Gasteiger partial charge is 0.229 e. The summed E-state index contributed by atoms with van der Waals surface area (Å²) in [6.45, 7) is 1.92. The molecule has 0 aliphatic rings. The Hall–Kier alpha value is -2.79. The van der Waals surface area contributed by atoms with Gasteiger partial charge in [-0.3, -0.25) is 0 Å². The van der Waals surface area contributed by atoms with Crippen molar-refractivity contribution in [3.8, 4) is 5.75 Å². The number of nitrogens with one attached hydrogen (secondary N) is 2. The van der Waals surface area contributed by atoms with E-state index >= 15 is 0 Å². The summed E-state index contributed by atoms with van der Waals surface area (Å²) in [6.07, 6.45) is 0. The zero-order chi connectivity index (χ0) is 16.9. The number of halogens is 1. The van der Waals surface area contributed by atoms with Gasteiger partial charge in [-0.2, -0.15) is 4.98 Å². The maximum absolute atomic E-state index is 6.00. The number of aryl methyl sites for hydroxylation is 1. The summed E-state index contributed by atoms with van der Waals surface area (Å²) in [4.78, 5) is 8.89. The molecule has 0 amide bonds. The molecule has 0 bridgehead atoms. The van der Waals surface area contributed by atoms with Crippen LogP contribution < -0.4 is 15.4 Å². The number of rotatable bonds is 5. The lowest BCUT2D eigenvalue weighted by molar-refractivity contribution is 0.415. The molecule has 0 aliphatic heterocycles. The minimum absolute atomic E-state index is 0.508. The van der Waals surface area contributed by atoms with Gasteiger partial charge in [0.2, 0.25) is 5.95 Å². The van der Waals surface area contributed by atoms with Crippen molar-refractivity contribution < 1.29 is 4.74 Å². The average molecular weight is 341 g/mol. The van der Waals surface area contributed by atoms with Crippen molar-refractivity contribution in [2.75, 3.05) is 17.7 Å². The van der Waals surface area contributed by atoms with Gasteiger partial charge in [0.15, 0.2) is 0 Å². The molecule has 24 heavy (non-hydrogen) atoms. The standard InChI is InChI=1S/C18H17ClN4O/c1-12-10-17(21-14-6-8-16(24-2)9-7-14)23-18(20-12)22-15-5-3-4-13(19)11-15/h3-11H,1-2H3,(H2,20,21,22,23).